The van der Waals surface area contributed by atoms with Gasteiger partial charge < -0.3 is 4.74 Å². The van der Waals surface area contributed by atoms with Crippen LogP contribution >= 0.6 is 22.9 Å². The molecule has 0 saturated heterocycles. The standard InChI is InChI=1S/C9H7ClOS/c1-11-8-5-9-6(2-3-12-9)4-7(8)10/h2-5H,1H3. The number of halogens is 1. The lowest BCUT2D eigenvalue weighted by atomic mass is 10.2. The quantitative estimate of drug-likeness (QED) is 0.681. The highest BCUT2D eigenvalue weighted by atomic mass is 35.5. The van der Waals surface area contributed by atoms with Crippen LogP contribution in [0.15, 0.2) is 23.6 Å². The summed E-state index contributed by atoms with van der Waals surface area (Å²) in [7, 11) is 1.63. The van der Waals surface area contributed by atoms with Gasteiger partial charge in [0.2, 0.25) is 0 Å². The molecule has 0 unspecified atom stereocenters. The molecule has 0 spiro atoms. The highest BCUT2D eigenvalue weighted by Crippen LogP contribution is 2.32. The van der Waals surface area contributed by atoms with Crippen LogP contribution in [0, 0.1) is 0 Å². The molecule has 0 N–H and O–H groups in total. The van der Waals surface area contributed by atoms with Gasteiger partial charge in [-0.3, -0.25) is 0 Å². The summed E-state index contributed by atoms with van der Waals surface area (Å²) in [5, 5.41) is 3.88. The Hall–Kier alpha value is -0.730. The third-order valence-corrected chi connectivity index (χ3v) is 2.90. The normalized spacial score (nSPS) is 10.5. The van der Waals surface area contributed by atoms with Gasteiger partial charge in [-0.1, -0.05) is 11.6 Å². The molecule has 0 aliphatic rings. The molecule has 12 heavy (non-hydrogen) atoms. The van der Waals surface area contributed by atoms with Crippen LogP contribution in [0.3, 0.4) is 0 Å². The van der Waals surface area contributed by atoms with Gasteiger partial charge in [0.15, 0.2) is 0 Å². The molecule has 62 valence electrons. The van der Waals surface area contributed by atoms with Crippen LogP contribution in [0.4, 0.5) is 0 Å². The zero-order chi connectivity index (χ0) is 8.55. The Bertz CT molecular complexity index is 408. The number of ether oxygens (including phenoxy) is 1. The van der Waals surface area contributed by atoms with Crippen LogP contribution in [-0.4, -0.2) is 7.11 Å². The molecule has 2 rings (SSSR count). The Kier molecular flexibility index (Phi) is 1.95. The second-order valence-corrected chi connectivity index (χ2v) is 3.80. The lowest BCUT2D eigenvalue weighted by Crippen LogP contribution is -1.82. The van der Waals surface area contributed by atoms with E-state index >= 15 is 0 Å². The first-order chi connectivity index (χ1) is 5.81. The molecule has 0 aliphatic carbocycles. The smallest absolute Gasteiger partial charge is 0.138 e. The third-order valence-electron chi connectivity index (χ3n) is 1.73. The Morgan fingerprint density at radius 2 is 2.25 bits per heavy atom. The molecule has 0 radical (unpaired) electrons. The molecule has 1 aromatic carbocycles. The van der Waals surface area contributed by atoms with Crippen molar-refractivity contribution in [2.24, 2.45) is 0 Å². The first kappa shape index (κ1) is 7.90. The van der Waals surface area contributed by atoms with Gasteiger partial charge in [-0.05, 0) is 29.0 Å². The first-order valence-electron chi connectivity index (χ1n) is 3.52. The van der Waals surface area contributed by atoms with Gasteiger partial charge in [0.05, 0.1) is 12.1 Å². The number of thiophene rings is 1. The van der Waals surface area contributed by atoms with Crippen molar-refractivity contribution in [1.82, 2.24) is 0 Å². The predicted octanol–water partition coefficient (Wildman–Crippen LogP) is 3.56. The molecule has 1 aromatic heterocycles. The van der Waals surface area contributed by atoms with E-state index in [1.165, 1.54) is 10.1 Å². The second kappa shape index (κ2) is 2.96. The molecule has 1 nitrogen and oxygen atoms in total. The predicted molar refractivity (Wildman–Crippen MR) is 53.4 cm³/mol. The highest BCUT2D eigenvalue weighted by Gasteiger charge is 2.02. The van der Waals surface area contributed by atoms with Crippen molar-refractivity contribution in [3.8, 4) is 5.75 Å². The van der Waals surface area contributed by atoms with Crippen molar-refractivity contribution in [2.75, 3.05) is 7.11 Å². The summed E-state index contributed by atoms with van der Waals surface area (Å²) in [4.78, 5) is 0. The van der Waals surface area contributed by atoms with E-state index in [2.05, 4.69) is 0 Å². The summed E-state index contributed by atoms with van der Waals surface area (Å²) < 4.78 is 6.30. The molecule has 0 fully saturated rings. The van der Waals surface area contributed by atoms with Crippen molar-refractivity contribution >= 4 is 33.0 Å². The lowest BCUT2D eigenvalue weighted by molar-refractivity contribution is 0.415. The van der Waals surface area contributed by atoms with E-state index in [0.717, 1.165) is 5.75 Å². The van der Waals surface area contributed by atoms with Crippen molar-refractivity contribution in [3.05, 3.63) is 28.6 Å². The van der Waals surface area contributed by atoms with E-state index in [1.807, 2.05) is 23.6 Å². The minimum atomic E-state index is 0.670. The van der Waals surface area contributed by atoms with Crippen molar-refractivity contribution < 1.29 is 4.74 Å². The molecule has 0 atom stereocenters. The Balaban J connectivity index is 2.73. The van der Waals surface area contributed by atoms with Gasteiger partial charge in [0.1, 0.15) is 5.75 Å². The molecule has 3 heteroatoms. The highest BCUT2D eigenvalue weighted by molar-refractivity contribution is 7.17. The van der Waals surface area contributed by atoms with Gasteiger partial charge >= 0.3 is 0 Å². The monoisotopic (exact) mass is 198 g/mol. The topological polar surface area (TPSA) is 9.23 Å². The first-order valence-corrected chi connectivity index (χ1v) is 4.78. The average Bonchev–Trinajstić information content (AvgIpc) is 2.49. The summed E-state index contributed by atoms with van der Waals surface area (Å²) in [6, 6.07) is 5.93. The van der Waals surface area contributed by atoms with Crippen LogP contribution in [-0.2, 0) is 0 Å². The summed E-state index contributed by atoms with van der Waals surface area (Å²) in [5.41, 5.74) is 0. The molecule has 0 bridgehead atoms. The Morgan fingerprint density at radius 3 is 3.00 bits per heavy atom. The Morgan fingerprint density at radius 1 is 1.42 bits per heavy atom. The third kappa shape index (κ3) is 1.17. The molecule has 2 aromatic rings. The van der Waals surface area contributed by atoms with E-state index in [4.69, 9.17) is 16.3 Å². The van der Waals surface area contributed by atoms with E-state index in [0.29, 0.717) is 5.02 Å². The maximum Gasteiger partial charge on any atom is 0.138 e. The molecule has 0 saturated carbocycles. The van der Waals surface area contributed by atoms with E-state index in [9.17, 15) is 0 Å². The maximum atomic E-state index is 5.94. The fourth-order valence-corrected chi connectivity index (χ4v) is 2.17. The van der Waals surface area contributed by atoms with Crippen LogP contribution in [0.5, 0.6) is 5.75 Å². The van der Waals surface area contributed by atoms with Crippen LogP contribution < -0.4 is 4.74 Å². The van der Waals surface area contributed by atoms with Crippen molar-refractivity contribution in [2.45, 2.75) is 0 Å². The van der Waals surface area contributed by atoms with Crippen LogP contribution in [0.2, 0.25) is 5.02 Å². The molecule has 0 aliphatic heterocycles. The van der Waals surface area contributed by atoms with Crippen LogP contribution in [0.25, 0.3) is 10.1 Å². The Labute approximate surface area is 79.5 Å². The van der Waals surface area contributed by atoms with Crippen molar-refractivity contribution in [3.63, 3.8) is 0 Å². The largest absolute Gasteiger partial charge is 0.495 e. The van der Waals surface area contributed by atoms with E-state index in [1.54, 1.807) is 18.4 Å². The molecule has 0 amide bonds. The van der Waals surface area contributed by atoms with Gasteiger partial charge in [0.25, 0.3) is 0 Å². The summed E-state index contributed by atoms with van der Waals surface area (Å²) in [6.45, 7) is 0. The van der Waals surface area contributed by atoms with Gasteiger partial charge in [-0.2, -0.15) is 0 Å². The van der Waals surface area contributed by atoms with Gasteiger partial charge in [-0.25, -0.2) is 0 Å². The summed E-state index contributed by atoms with van der Waals surface area (Å²) in [5.74, 6) is 0.742. The molecule has 1 heterocycles. The number of fused-ring (bicyclic) bond motifs is 1. The van der Waals surface area contributed by atoms with Gasteiger partial charge in [-0.15, -0.1) is 11.3 Å². The minimum Gasteiger partial charge on any atom is -0.495 e. The summed E-state index contributed by atoms with van der Waals surface area (Å²) >= 11 is 7.63. The number of benzene rings is 1. The van der Waals surface area contributed by atoms with Crippen LogP contribution in [0.1, 0.15) is 0 Å². The van der Waals surface area contributed by atoms with Gasteiger partial charge in [0, 0.05) is 4.70 Å². The zero-order valence-electron chi connectivity index (χ0n) is 6.50. The summed E-state index contributed by atoms with van der Waals surface area (Å²) in [6.07, 6.45) is 0. The van der Waals surface area contributed by atoms with E-state index in [-0.39, 0.29) is 0 Å². The fraction of sp³-hybridized carbons (Fsp3) is 0.111. The second-order valence-electron chi connectivity index (χ2n) is 2.45. The number of rotatable bonds is 1. The molecular formula is C9H7ClOS. The lowest BCUT2D eigenvalue weighted by Gasteiger charge is -2.01. The average molecular weight is 199 g/mol. The SMILES string of the molecule is COc1cc2sccc2cc1Cl. The number of methoxy groups -OCH3 is 1. The van der Waals surface area contributed by atoms with Crippen molar-refractivity contribution in [1.29, 1.82) is 0 Å². The minimum absolute atomic E-state index is 0.670. The maximum absolute atomic E-state index is 5.94. The number of hydrogen-bond donors (Lipinski definition) is 0. The number of hydrogen-bond acceptors (Lipinski definition) is 2. The van der Waals surface area contributed by atoms with E-state index < -0.39 is 0 Å². The zero-order valence-corrected chi connectivity index (χ0v) is 8.08. The molecular weight excluding hydrogens is 192 g/mol. The fourth-order valence-electron chi connectivity index (χ4n) is 1.12.